The molecule has 1 aliphatic rings. The van der Waals surface area contributed by atoms with Gasteiger partial charge in [-0.15, -0.1) is 11.6 Å². The van der Waals surface area contributed by atoms with Gasteiger partial charge in [0.05, 0.1) is 25.0 Å². The Morgan fingerprint density at radius 1 is 0.871 bits per heavy atom. The van der Waals surface area contributed by atoms with E-state index < -0.39 is 133 Å². The summed E-state index contributed by atoms with van der Waals surface area (Å²) in [6.07, 6.45) is 4.79. The average Bonchev–Trinajstić information content (AvgIpc) is 3.75. The van der Waals surface area contributed by atoms with E-state index >= 15 is 0 Å². The maximum Gasteiger partial charge on any atom is 0.320 e. The first kappa shape index (κ1) is 55.5. The van der Waals surface area contributed by atoms with Crippen LogP contribution in [0.15, 0.2) is 0 Å². The average molecular weight is 921 g/mol. The van der Waals surface area contributed by atoms with E-state index in [1.54, 1.807) is 27.7 Å². The van der Waals surface area contributed by atoms with Gasteiger partial charge in [0.1, 0.15) is 49.0 Å². The lowest BCUT2D eigenvalue weighted by Gasteiger charge is -2.33. The zero-order chi connectivity index (χ0) is 46.9. The lowest BCUT2D eigenvalue weighted by Crippen LogP contribution is -2.60. The SMILES string of the molecule is CCC(C)C(NC(=O)C1CCCN1C(=O)C(NC(=O)C(N)CC(=O)O)C(C)CC)C(=O)NCC(=O)NC(COC(=O)CCl)C(=O)NC(CCCCN)C(=O)NC(C=O)CCSC. The summed E-state index contributed by atoms with van der Waals surface area (Å²) in [6, 6.07) is -8.23. The topological polar surface area (TPSA) is 328 Å². The Balaban J connectivity index is 3.16. The number of thioether (sulfide) groups is 1. The number of nitrogens with zero attached hydrogens (tertiary/aromatic N) is 1. The van der Waals surface area contributed by atoms with Crippen LogP contribution in [0.4, 0.5) is 0 Å². The van der Waals surface area contributed by atoms with Crippen LogP contribution in [-0.4, -0.2) is 156 Å². The highest BCUT2D eigenvalue weighted by molar-refractivity contribution is 7.98. The Bertz CT molecular complexity index is 1550. The molecule has 9 unspecified atom stereocenters. The fourth-order valence-electron chi connectivity index (χ4n) is 6.31. The number of likely N-dealkylation sites (tertiary alicyclic amines) is 1. The number of unbranched alkanes of at least 4 members (excludes halogenated alkanes) is 1. The van der Waals surface area contributed by atoms with Gasteiger partial charge in [-0.05, 0) is 68.9 Å². The van der Waals surface area contributed by atoms with Gasteiger partial charge in [0.2, 0.25) is 41.4 Å². The van der Waals surface area contributed by atoms with Crippen molar-refractivity contribution < 1.29 is 57.8 Å². The van der Waals surface area contributed by atoms with E-state index in [1.807, 2.05) is 6.26 Å². The molecule has 1 saturated heterocycles. The first-order chi connectivity index (χ1) is 29.4. The number of nitrogens with two attached hydrogens (primary N) is 2. The van der Waals surface area contributed by atoms with Gasteiger partial charge in [0.25, 0.3) is 0 Å². The molecule has 1 rings (SSSR count). The van der Waals surface area contributed by atoms with Crippen LogP contribution in [0.25, 0.3) is 0 Å². The number of carboxylic acids is 1. The van der Waals surface area contributed by atoms with E-state index in [2.05, 4.69) is 31.9 Å². The van der Waals surface area contributed by atoms with Crippen molar-refractivity contribution in [3.63, 3.8) is 0 Å². The van der Waals surface area contributed by atoms with Gasteiger partial charge in [-0.25, -0.2) is 0 Å². The smallest absolute Gasteiger partial charge is 0.320 e. The van der Waals surface area contributed by atoms with Crippen molar-refractivity contribution in [3.8, 4) is 0 Å². The molecule has 1 aliphatic heterocycles. The zero-order valence-corrected chi connectivity index (χ0v) is 37.8. The zero-order valence-electron chi connectivity index (χ0n) is 36.2. The summed E-state index contributed by atoms with van der Waals surface area (Å²) in [4.78, 5) is 130. The van der Waals surface area contributed by atoms with Crippen LogP contribution < -0.4 is 43.4 Å². The number of carbonyl (C=O) groups excluding carboxylic acids is 9. The maximum atomic E-state index is 13.9. The number of halogens is 1. The highest BCUT2D eigenvalue weighted by atomic mass is 35.5. The number of rotatable bonds is 30. The molecule has 62 heavy (non-hydrogen) atoms. The largest absolute Gasteiger partial charge is 0.481 e. The molecule has 11 N–H and O–H groups in total. The second-order valence-corrected chi connectivity index (χ2v) is 16.4. The summed E-state index contributed by atoms with van der Waals surface area (Å²) in [7, 11) is 0. The molecule has 1 heterocycles. The molecule has 0 aliphatic carbocycles. The molecule has 352 valence electrons. The van der Waals surface area contributed by atoms with Gasteiger partial charge in [-0.2, -0.15) is 11.8 Å². The summed E-state index contributed by atoms with van der Waals surface area (Å²) < 4.78 is 5.02. The molecular formula is C39H66ClN9O12S. The predicted molar refractivity (Wildman–Crippen MR) is 230 cm³/mol. The Morgan fingerprint density at radius 2 is 1.52 bits per heavy atom. The van der Waals surface area contributed by atoms with Crippen LogP contribution >= 0.6 is 23.4 Å². The van der Waals surface area contributed by atoms with Crippen molar-refractivity contribution in [2.75, 3.05) is 44.1 Å². The minimum Gasteiger partial charge on any atom is -0.481 e. The summed E-state index contributed by atoms with van der Waals surface area (Å²) in [5, 5.41) is 24.3. The monoisotopic (exact) mass is 919 g/mol. The molecule has 0 radical (unpaired) electrons. The Morgan fingerprint density at radius 3 is 2.10 bits per heavy atom. The van der Waals surface area contributed by atoms with Crippen LogP contribution in [0.5, 0.6) is 0 Å². The molecule has 21 nitrogen and oxygen atoms in total. The summed E-state index contributed by atoms with van der Waals surface area (Å²) >= 11 is 7.04. The molecular weight excluding hydrogens is 854 g/mol. The number of hydrogen-bond acceptors (Lipinski definition) is 14. The van der Waals surface area contributed by atoms with E-state index in [0.29, 0.717) is 57.1 Å². The lowest BCUT2D eigenvalue weighted by molar-refractivity contribution is -0.144. The number of nitrogens with one attached hydrogen (secondary N) is 6. The van der Waals surface area contributed by atoms with Crippen molar-refractivity contribution in [3.05, 3.63) is 0 Å². The number of aldehydes is 1. The molecule has 0 saturated carbocycles. The van der Waals surface area contributed by atoms with Gasteiger partial charge in [0, 0.05) is 6.54 Å². The molecule has 0 aromatic carbocycles. The molecule has 0 spiro atoms. The number of esters is 1. The number of ether oxygens (including phenoxy) is 1. The number of carboxylic acid groups (broad SMARTS) is 1. The van der Waals surface area contributed by atoms with E-state index in [0.717, 1.165) is 0 Å². The number of hydrogen-bond donors (Lipinski definition) is 9. The standard InChI is InChI=1S/C39H66ClN9O12S/c1-6-22(3)32(47-37(58)28-12-10-15-49(28)39(60)33(23(4)7-2)48-34(55)25(42)17-30(52)53)38(59)43-19-29(51)45-27(21-61-31(54)18-40)36(57)46-26(11-8-9-14-41)35(56)44-24(20-50)13-16-62-5/h20,22-28,32-33H,6-19,21,41-42H2,1-5H3,(H,43,59)(H,44,56)(H,45,51)(H,46,57)(H,47,58)(H,48,55)(H,52,53). The van der Waals surface area contributed by atoms with Gasteiger partial charge >= 0.3 is 11.9 Å². The van der Waals surface area contributed by atoms with Crippen LogP contribution in [0.1, 0.15) is 85.5 Å². The minimum absolute atomic E-state index is 0.134. The highest BCUT2D eigenvalue weighted by Crippen LogP contribution is 2.22. The molecule has 9 atom stereocenters. The normalized spacial score (nSPS) is 17.4. The van der Waals surface area contributed by atoms with Gasteiger partial charge in [-0.3, -0.25) is 43.2 Å². The van der Waals surface area contributed by atoms with Crippen molar-refractivity contribution >= 4 is 82.9 Å². The van der Waals surface area contributed by atoms with E-state index in [1.165, 1.54) is 16.7 Å². The maximum absolute atomic E-state index is 13.9. The van der Waals surface area contributed by atoms with Crippen molar-refractivity contribution in [1.29, 1.82) is 0 Å². The second kappa shape index (κ2) is 29.7. The third kappa shape index (κ3) is 19.2. The van der Waals surface area contributed by atoms with E-state index in [9.17, 15) is 47.9 Å². The van der Waals surface area contributed by atoms with Crippen LogP contribution in [0.3, 0.4) is 0 Å². The molecule has 23 heteroatoms. The van der Waals surface area contributed by atoms with E-state index in [4.69, 9.17) is 32.9 Å². The summed E-state index contributed by atoms with van der Waals surface area (Å²) in [5.74, 6) is -8.29. The second-order valence-electron chi connectivity index (χ2n) is 15.2. The quantitative estimate of drug-likeness (QED) is 0.0167. The third-order valence-corrected chi connectivity index (χ3v) is 11.3. The van der Waals surface area contributed by atoms with Gasteiger partial charge in [-0.1, -0.05) is 40.5 Å². The first-order valence-electron chi connectivity index (χ1n) is 20.8. The van der Waals surface area contributed by atoms with Crippen molar-refractivity contribution in [2.45, 2.75) is 128 Å². The number of amides is 7. The Labute approximate surface area is 371 Å². The number of carbonyl (C=O) groups is 10. The van der Waals surface area contributed by atoms with Crippen molar-refractivity contribution in [2.24, 2.45) is 23.3 Å². The Kier molecular flexibility index (Phi) is 26.6. The molecule has 0 aromatic heterocycles. The molecule has 1 fully saturated rings. The van der Waals surface area contributed by atoms with E-state index in [-0.39, 0.29) is 19.4 Å². The molecule has 0 aromatic rings. The van der Waals surface area contributed by atoms with Crippen LogP contribution in [-0.2, 0) is 52.7 Å². The summed E-state index contributed by atoms with van der Waals surface area (Å²) in [5.41, 5.74) is 11.3. The molecule has 0 bridgehead atoms. The fraction of sp³-hybridized carbons (Fsp3) is 0.744. The Hall–Kier alpha value is -4.54. The third-order valence-electron chi connectivity index (χ3n) is 10.4. The predicted octanol–water partition coefficient (Wildman–Crippen LogP) is -1.73. The number of aliphatic carboxylic acids is 1. The number of alkyl halides is 1. The first-order valence-corrected chi connectivity index (χ1v) is 22.7. The summed E-state index contributed by atoms with van der Waals surface area (Å²) in [6.45, 7) is 6.11. The van der Waals surface area contributed by atoms with Gasteiger partial charge in [0.15, 0.2) is 0 Å². The van der Waals surface area contributed by atoms with Gasteiger partial charge < -0.3 is 62.9 Å². The molecule has 7 amide bonds. The van der Waals surface area contributed by atoms with Crippen molar-refractivity contribution in [1.82, 2.24) is 36.8 Å². The minimum atomic E-state index is -1.55. The van der Waals surface area contributed by atoms with Crippen LogP contribution in [0.2, 0.25) is 0 Å². The fourth-order valence-corrected chi connectivity index (χ4v) is 6.88. The lowest BCUT2D eigenvalue weighted by atomic mass is 9.96. The van der Waals surface area contributed by atoms with Crippen LogP contribution in [0, 0.1) is 11.8 Å². The highest BCUT2D eigenvalue weighted by Gasteiger charge is 2.41.